The van der Waals surface area contributed by atoms with Crippen LogP contribution >= 0.6 is 0 Å². The van der Waals surface area contributed by atoms with Crippen LogP contribution in [0, 0.1) is 5.41 Å². The summed E-state index contributed by atoms with van der Waals surface area (Å²) in [5, 5.41) is 0. The largest absolute Gasteiger partial charge is 0.497 e. The van der Waals surface area contributed by atoms with Crippen molar-refractivity contribution in [2.75, 3.05) is 33.9 Å². The summed E-state index contributed by atoms with van der Waals surface area (Å²) in [6.45, 7) is 7.78. The van der Waals surface area contributed by atoms with E-state index < -0.39 is 0 Å². The summed E-state index contributed by atoms with van der Waals surface area (Å²) in [7, 11) is 3.13. The van der Waals surface area contributed by atoms with E-state index in [1.165, 1.54) is 0 Å². The average Bonchev–Trinajstić information content (AvgIpc) is 2.51. The van der Waals surface area contributed by atoms with Crippen LogP contribution in [0.25, 0.3) is 0 Å². The Hall–Kier alpha value is -1.75. The molecule has 0 bridgehead atoms. The van der Waals surface area contributed by atoms with E-state index in [9.17, 15) is 4.79 Å². The Morgan fingerprint density at radius 3 is 2.43 bits per heavy atom. The van der Waals surface area contributed by atoms with Gasteiger partial charge in [0.15, 0.2) is 0 Å². The van der Waals surface area contributed by atoms with Gasteiger partial charge in [-0.15, -0.1) is 0 Å². The standard InChI is InChI=1S/C16H26N2O3/c1-6-18(11-16(2,3)10-17)15(19)13-9-12(20-4)7-8-14(13)21-5/h7-9H,6,10-11,17H2,1-5H3. The predicted molar refractivity (Wildman–Crippen MR) is 84.0 cm³/mol. The highest BCUT2D eigenvalue weighted by Gasteiger charge is 2.25. The zero-order valence-electron chi connectivity index (χ0n) is 13.6. The van der Waals surface area contributed by atoms with E-state index in [1.807, 2.05) is 20.8 Å². The van der Waals surface area contributed by atoms with Crippen molar-refractivity contribution in [3.05, 3.63) is 23.8 Å². The van der Waals surface area contributed by atoms with Crippen LogP contribution in [-0.4, -0.2) is 44.7 Å². The fourth-order valence-corrected chi connectivity index (χ4v) is 2.06. The molecule has 0 fully saturated rings. The van der Waals surface area contributed by atoms with Gasteiger partial charge in [-0.05, 0) is 37.1 Å². The number of hydrogen-bond acceptors (Lipinski definition) is 4. The number of rotatable bonds is 7. The molecule has 0 aliphatic carbocycles. The lowest BCUT2D eigenvalue weighted by Gasteiger charge is -2.31. The first-order valence-electron chi connectivity index (χ1n) is 7.10. The molecule has 118 valence electrons. The fourth-order valence-electron chi connectivity index (χ4n) is 2.06. The summed E-state index contributed by atoms with van der Waals surface area (Å²) in [5.41, 5.74) is 6.15. The maximum Gasteiger partial charge on any atom is 0.257 e. The second kappa shape index (κ2) is 7.31. The van der Waals surface area contributed by atoms with Gasteiger partial charge >= 0.3 is 0 Å². The monoisotopic (exact) mass is 294 g/mol. The maximum absolute atomic E-state index is 12.8. The number of methoxy groups -OCH3 is 2. The maximum atomic E-state index is 12.8. The molecule has 1 rings (SSSR count). The molecule has 0 aromatic heterocycles. The summed E-state index contributed by atoms with van der Waals surface area (Å²) in [5.74, 6) is 1.10. The number of hydrogen-bond donors (Lipinski definition) is 1. The molecule has 5 nitrogen and oxygen atoms in total. The van der Waals surface area contributed by atoms with Gasteiger partial charge in [-0.1, -0.05) is 13.8 Å². The molecule has 0 aliphatic rings. The second-order valence-electron chi connectivity index (χ2n) is 5.75. The van der Waals surface area contributed by atoms with Crippen LogP contribution in [0.2, 0.25) is 0 Å². The lowest BCUT2D eigenvalue weighted by Crippen LogP contribution is -2.42. The van der Waals surface area contributed by atoms with E-state index in [0.717, 1.165) is 0 Å². The lowest BCUT2D eigenvalue weighted by atomic mass is 9.92. The van der Waals surface area contributed by atoms with Crippen molar-refractivity contribution < 1.29 is 14.3 Å². The van der Waals surface area contributed by atoms with Gasteiger partial charge < -0.3 is 20.1 Å². The highest BCUT2D eigenvalue weighted by molar-refractivity contribution is 5.97. The first-order valence-corrected chi connectivity index (χ1v) is 7.10. The Bertz CT molecular complexity index is 486. The van der Waals surface area contributed by atoms with Gasteiger partial charge in [0.2, 0.25) is 0 Å². The fraction of sp³-hybridized carbons (Fsp3) is 0.562. The third-order valence-electron chi connectivity index (χ3n) is 3.48. The first-order chi connectivity index (χ1) is 9.88. The molecule has 0 unspecified atom stereocenters. The van der Waals surface area contributed by atoms with Gasteiger partial charge in [0.1, 0.15) is 11.5 Å². The summed E-state index contributed by atoms with van der Waals surface area (Å²) in [6, 6.07) is 5.23. The topological polar surface area (TPSA) is 64.8 Å². The molecule has 0 spiro atoms. The number of ether oxygens (including phenoxy) is 2. The molecular weight excluding hydrogens is 268 g/mol. The van der Waals surface area contributed by atoms with Crippen molar-refractivity contribution in [3.8, 4) is 11.5 Å². The van der Waals surface area contributed by atoms with Gasteiger partial charge in [0.05, 0.1) is 19.8 Å². The van der Waals surface area contributed by atoms with Crippen molar-refractivity contribution in [3.63, 3.8) is 0 Å². The number of carbonyl (C=O) groups excluding carboxylic acids is 1. The van der Waals surface area contributed by atoms with E-state index in [2.05, 4.69) is 0 Å². The molecule has 2 N–H and O–H groups in total. The quantitative estimate of drug-likeness (QED) is 0.837. The number of nitrogens with zero attached hydrogens (tertiary/aromatic N) is 1. The van der Waals surface area contributed by atoms with E-state index in [1.54, 1.807) is 37.3 Å². The van der Waals surface area contributed by atoms with Gasteiger partial charge in [-0.3, -0.25) is 4.79 Å². The minimum absolute atomic E-state index is 0.0743. The molecule has 0 heterocycles. The molecule has 1 aromatic rings. The van der Waals surface area contributed by atoms with Crippen LogP contribution < -0.4 is 15.2 Å². The van der Waals surface area contributed by atoms with Gasteiger partial charge in [0, 0.05) is 13.1 Å². The molecule has 1 amide bonds. The highest BCUT2D eigenvalue weighted by Crippen LogP contribution is 2.26. The van der Waals surface area contributed by atoms with Crippen LogP contribution in [0.4, 0.5) is 0 Å². The smallest absolute Gasteiger partial charge is 0.257 e. The summed E-state index contributed by atoms with van der Waals surface area (Å²) < 4.78 is 10.5. The summed E-state index contributed by atoms with van der Waals surface area (Å²) in [4.78, 5) is 14.5. The van der Waals surface area contributed by atoms with Crippen molar-refractivity contribution in [1.82, 2.24) is 4.90 Å². The molecular formula is C16H26N2O3. The van der Waals surface area contributed by atoms with Crippen molar-refractivity contribution >= 4 is 5.91 Å². The van der Waals surface area contributed by atoms with Gasteiger partial charge in [-0.25, -0.2) is 0 Å². The summed E-state index contributed by atoms with van der Waals surface area (Å²) >= 11 is 0. The zero-order chi connectivity index (χ0) is 16.0. The van der Waals surface area contributed by atoms with E-state index in [4.69, 9.17) is 15.2 Å². The van der Waals surface area contributed by atoms with Crippen LogP contribution in [-0.2, 0) is 0 Å². The third kappa shape index (κ3) is 4.36. The highest BCUT2D eigenvalue weighted by atomic mass is 16.5. The lowest BCUT2D eigenvalue weighted by molar-refractivity contribution is 0.0697. The van der Waals surface area contributed by atoms with Crippen LogP contribution in [0.1, 0.15) is 31.1 Å². The van der Waals surface area contributed by atoms with Crippen LogP contribution in [0.5, 0.6) is 11.5 Å². The minimum atomic E-state index is -0.127. The SMILES string of the molecule is CCN(CC(C)(C)CN)C(=O)c1cc(OC)ccc1OC. The first kappa shape index (κ1) is 17.3. The van der Waals surface area contributed by atoms with Crippen molar-refractivity contribution in [2.45, 2.75) is 20.8 Å². The number of carbonyl (C=O) groups is 1. The van der Waals surface area contributed by atoms with Gasteiger partial charge in [0.25, 0.3) is 5.91 Å². The minimum Gasteiger partial charge on any atom is -0.497 e. The Labute approximate surface area is 127 Å². The summed E-state index contributed by atoms with van der Waals surface area (Å²) in [6.07, 6.45) is 0. The van der Waals surface area contributed by atoms with Crippen molar-refractivity contribution in [2.24, 2.45) is 11.1 Å². The average molecular weight is 294 g/mol. The van der Waals surface area contributed by atoms with E-state index in [-0.39, 0.29) is 11.3 Å². The third-order valence-corrected chi connectivity index (χ3v) is 3.48. The molecule has 1 aromatic carbocycles. The normalized spacial score (nSPS) is 11.1. The molecule has 5 heteroatoms. The van der Waals surface area contributed by atoms with E-state index >= 15 is 0 Å². The van der Waals surface area contributed by atoms with Gasteiger partial charge in [-0.2, -0.15) is 0 Å². The number of nitrogens with two attached hydrogens (primary N) is 1. The van der Waals surface area contributed by atoms with E-state index in [0.29, 0.717) is 36.7 Å². The predicted octanol–water partition coefficient (Wildman–Crippen LogP) is 2.15. The number of benzene rings is 1. The van der Waals surface area contributed by atoms with Crippen LogP contribution in [0.15, 0.2) is 18.2 Å². The molecule has 0 radical (unpaired) electrons. The Morgan fingerprint density at radius 1 is 1.29 bits per heavy atom. The molecule has 0 saturated heterocycles. The Morgan fingerprint density at radius 2 is 1.95 bits per heavy atom. The number of amides is 1. The Balaban J connectivity index is 3.09. The molecule has 0 saturated carbocycles. The van der Waals surface area contributed by atoms with Crippen LogP contribution in [0.3, 0.4) is 0 Å². The molecule has 0 aliphatic heterocycles. The molecule has 21 heavy (non-hydrogen) atoms. The Kier molecular flexibility index (Phi) is 6.03. The second-order valence-corrected chi connectivity index (χ2v) is 5.75. The molecule has 0 atom stereocenters. The zero-order valence-corrected chi connectivity index (χ0v) is 13.6. The van der Waals surface area contributed by atoms with Crippen molar-refractivity contribution in [1.29, 1.82) is 0 Å².